The van der Waals surface area contributed by atoms with Gasteiger partial charge in [-0.2, -0.15) is 5.10 Å². The van der Waals surface area contributed by atoms with Crippen LogP contribution in [0.3, 0.4) is 0 Å². The Morgan fingerprint density at radius 3 is 2.69 bits per heavy atom. The highest BCUT2D eigenvalue weighted by molar-refractivity contribution is 6.30. The van der Waals surface area contributed by atoms with Gasteiger partial charge in [-0.1, -0.05) is 48.0 Å². The molecule has 2 heterocycles. The Labute approximate surface area is 159 Å². The number of nitrogens with zero attached hydrogens (tertiary/aromatic N) is 3. The van der Waals surface area contributed by atoms with Crippen molar-refractivity contribution in [2.75, 3.05) is 13.1 Å². The molecule has 4 nitrogen and oxygen atoms in total. The molecule has 1 aliphatic rings. The molecule has 3 aromatic rings. The zero-order valence-electron chi connectivity index (χ0n) is 15.0. The lowest BCUT2D eigenvalue weighted by atomic mass is 9.95. The molecule has 0 spiro atoms. The lowest BCUT2D eigenvalue weighted by Crippen LogP contribution is -2.33. The van der Waals surface area contributed by atoms with Crippen molar-refractivity contribution in [3.05, 3.63) is 70.5 Å². The molecule has 1 aromatic heterocycles. The molecule has 1 saturated heterocycles. The first-order valence-electron chi connectivity index (χ1n) is 9.14. The molecule has 0 radical (unpaired) electrons. The second-order valence-corrected chi connectivity index (χ2v) is 7.47. The van der Waals surface area contributed by atoms with Gasteiger partial charge in [-0.05, 0) is 56.1 Å². The molecule has 1 aliphatic heterocycles. The fourth-order valence-electron chi connectivity index (χ4n) is 3.61. The molecule has 4 rings (SSSR count). The van der Waals surface area contributed by atoms with E-state index < -0.39 is 0 Å². The number of benzene rings is 2. The van der Waals surface area contributed by atoms with E-state index in [-0.39, 0.29) is 0 Å². The van der Waals surface area contributed by atoms with Crippen LogP contribution in [0.5, 0.6) is 0 Å². The van der Waals surface area contributed by atoms with Gasteiger partial charge in [0.15, 0.2) is 5.82 Å². The number of aromatic amines is 1. The third-order valence-electron chi connectivity index (χ3n) is 5.22. The first-order valence-corrected chi connectivity index (χ1v) is 9.52. The van der Waals surface area contributed by atoms with Crippen LogP contribution in [0.25, 0.3) is 11.4 Å². The van der Waals surface area contributed by atoms with E-state index in [9.17, 15) is 0 Å². The first-order chi connectivity index (χ1) is 12.7. The number of likely N-dealkylation sites (tertiary alicyclic amines) is 1. The van der Waals surface area contributed by atoms with Crippen molar-refractivity contribution < 1.29 is 0 Å². The Morgan fingerprint density at radius 1 is 1.12 bits per heavy atom. The van der Waals surface area contributed by atoms with E-state index in [1.165, 1.54) is 11.1 Å². The molecule has 0 amide bonds. The van der Waals surface area contributed by atoms with E-state index in [1.54, 1.807) is 0 Å². The highest BCUT2D eigenvalue weighted by Crippen LogP contribution is 2.28. The third-order valence-corrected chi connectivity index (χ3v) is 5.45. The fourth-order valence-corrected chi connectivity index (χ4v) is 3.80. The Kier molecular flexibility index (Phi) is 5.05. The Balaban J connectivity index is 1.39. The maximum Gasteiger partial charge on any atom is 0.181 e. The van der Waals surface area contributed by atoms with E-state index in [4.69, 9.17) is 16.6 Å². The van der Waals surface area contributed by atoms with Crippen molar-refractivity contribution in [2.24, 2.45) is 0 Å². The number of aryl methyl sites for hydroxylation is 1. The van der Waals surface area contributed by atoms with E-state index in [1.807, 2.05) is 24.3 Å². The summed E-state index contributed by atoms with van der Waals surface area (Å²) in [4.78, 5) is 7.26. The van der Waals surface area contributed by atoms with Crippen molar-refractivity contribution in [2.45, 2.75) is 32.2 Å². The molecule has 1 N–H and O–H groups in total. The zero-order chi connectivity index (χ0) is 17.9. The second kappa shape index (κ2) is 7.60. The zero-order valence-corrected chi connectivity index (χ0v) is 15.7. The number of piperidine rings is 1. The van der Waals surface area contributed by atoms with Gasteiger partial charge in [-0.15, -0.1) is 0 Å². The van der Waals surface area contributed by atoms with E-state index in [0.717, 1.165) is 49.7 Å². The highest BCUT2D eigenvalue weighted by Gasteiger charge is 2.23. The van der Waals surface area contributed by atoms with Crippen molar-refractivity contribution in [3.8, 4) is 11.4 Å². The van der Waals surface area contributed by atoms with Crippen molar-refractivity contribution >= 4 is 11.6 Å². The van der Waals surface area contributed by atoms with Crippen LogP contribution >= 0.6 is 11.6 Å². The molecule has 0 unspecified atom stereocenters. The summed E-state index contributed by atoms with van der Waals surface area (Å²) in [6.07, 6.45) is 2.21. The van der Waals surface area contributed by atoms with Crippen LogP contribution in [-0.2, 0) is 6.54 Å². The molecular weight excluding hydrogens is 344 g/mol. The lowest BCUT2D eigenvalue weighted by Gasteiger charge is -2.31. The van der Waals surface area contributed by atoms with E-state index in [2.05, 4.69) is 46.3 Å². The quantitative estimate of drug-likeness (QED) is 0.720. The Bertz CT molecular complexity index is 881. The Morgan fingerprint density at radius 2 is 1.92 bits per heavy atom. The Hall–Kier alpha value is -2.17. The van der Waals surface area contributed by atoms with Crippen molar-refractivity contribution in [1.29, 1.82) is 0 Å². The molecule has 2 aromatic carbocycles. The number of nitrogens with one attached hydrogen (secondary N) is 1. The average molecular weight is 367 g/mol. The number of H-pyrrole nitrogens is 1. The minimum Gasteiger partial charge on any atom is -0.299 e. The van der Waals surface area contributed by atoms with Crippen LogP contribution in [0.2, 0.25) is 5.02 Å². The highest BCUT2D eigenvalue weighted by atomic mass is 35.5. The summed E-state index contributed by atoms with van der Waals surface area (Å²) in [5.41, 5.74) is 3.75. The molecule has 0 aliphatic carbocycles. The van der Waals surface area contributed by atoms with Gasteiger partial charge in [0.05, 0.1) is 0 Å². The van der Waals surface area contributed by atoms with Gasteiger partial charge >= 0.3 is 0 Å². The van der Waals surface area contributed by atoms with Gasteiger partial charge < -0.3 is 0 Å². The molecule has 1 fully saturated rings. The summed E-state index contributed by atoms with van der Waals surface area (Å²) in [6, 6.07) is 16.3. The SMILES string of the molecule is Cc1ccccc1CN1CCC(c2nc(-c3cccc(Cl)c3)n[nH]2)CC1. The van der Waals surface area contributed by atoms with Crippen LogP contribution in [0.15, 0.2) is 48.5 Å². The van der Waals surface area contributed by atoms with Gasteiger partial charge in [0.25, 0.3) is 0 Å². The van der Waals surface area contributed by atoms with Crippen LogP contribution < -0.4 is 0 Å². The van der Waals surface area contributed by atoms with Crippen LogP contribution in [0.4, 0.5) is 0 Å². The summed E-state index contributed by atoms with van der Waals surface area (Å²) in [5, 5.41) is 8.24. The number of halogens is 1. The minimum absolute atomic E-state index is 0.448. The normalized spacial score (nSPS) is 16.1. The molecule has 5 heteroatoms. The molecule has 0 atom stereocenters. The number of aromatic nitrogens is 3. The summed E-state index contributed by atoms with van der Waals surface area (Å²) >= 11 is 6.07. The molecule has 134 valence electrons. The summed E-state index contributed by atoms with van der Waals surface area (Å²) in [6.45, 7) is 5.40. The van der Waals surface area contributed by atoms with Crippen LogP contribution in [0, 0.1) is 6.92 Å². The molecule has 0 bridgehead atoms. The third kappa shape index (κ3) is 3.81. The number of hydrogen-bond acceptors (Lipinski definition) is 3. The van der Waals surface area contributed by atoms with Gasteiger partial charge in [-0.25, -0.2) is 4.98 Å². The molecular formula is C21H23ClN4. The minimum atomic E-state index is 0.448. The van der Waals surface area contributed by atoms with Gasteiger partial charge in [0, 0.05) is 23.0 Å². The van der Waals surface area contributed by atoms with Gasteiger partial charge in [0.1, 0.15) is 5.82 Å². The number of rotatable bonds is 4. The molecule has 0 saturated carbocycles. The largest absolute Gasteiger partial charge is 0.299 e. The molecule has 26 heavy (non-hydrogen) atoms. The van der Waals surface area contributed by atoms with E-state index in [0.29, 0.717) is 10.9 Å². The monoisotopic (exact) mass is 366 g/mol. The van der Waals surface area contributed by atoms with Crippen molar-refractivity contribution in [3.63, 3.8) is 0 Å². The smallest absolute Gasteiger partial charge is 0.181 e. The first kappa shape index (κ1) is 17.3. The van der Waals surface area contributed by atoms with E-state index >= 15 is 0 Å². The summed E-state index contributed by atoms with van der Waals surface area (Å²) in [7, 11) is 0. The average Bonchev–Trinajstić information content (AvgIpc) is 3.14. The maximum atomic E-state index is 6.07. The summed E-state index contributed by atoms with van der Waals surface area (Å²) in [5.74, 6) is 2.17. The topological polar surface area (TPSA) is 44.8 Å². The maximum absolute atomic E-state index is 6.07. The van der Waals surface area contributed by atoms with Crippen LogP contribution in [0.1, 0.15) is 35.7 Å². The summed E-state index contributed by atoms with van der Waals surface area (Å²) < 4.78 is 0. The second-order valence-electron chi connectivity index (χ2n) is 7.03. The lowest BCUT2D eigenvalue weighted by molar-refractivity contribution is 0.201. The van der Waals surface area contributed by atoms with Crippen LogP contribution in [-0.4, -0.2) is 33.2 Å². The predicted molar refractivity (Wildman–Crippen MR) is 105 cm³/mol. The van der Waals surface area contributed by atoms with Crippen molar-refractivity contribution in [1.82, 2.24) is 20.1 Å². The van der Waals surface area contributed by atoms with Gasteiger partial charge in [-0.3, -0.25) is 10.00 Å². The predicted octanol–water partition coefficient (Wildman–Crippen LogP) is 4.81. The van der Waals surface area contributed by atoms with Gasteiger partial charge in [0.2, 0.25) is 0 Å². The standard InChI is InChI=1S/C21H23ClN4/c1-15-5-2-3-6-18(15)14-26-11-9-16(10-12-26)20-23-21(25-24-20)17-7-4-8-19(22)13-17/h2-8,13,16H,9-12,14H2,1H3,(H,23,24,25). The fraction of sp³-hybridized carbons (Fsp3) is 0.333. The number of hydrogen-bond donors (Lipinski definition) is 1.